The van der Waals surface area contributed by atoms with Gasteiger partial charge in [0.25, 0.3) is 0 Å². The van der Waals surface area contributed by atoms with E-state index in [4.69, 9.17) is 17.0 Å². The number of nitrogens with zero attached hydrogens (tertiary/aromatic N) is 2. The molecule has 26 heavy (non-hydrogen) atoms. The van der Waals surface area contributed by atoms with Gasteiger partial charge < -0.3 is 9.84 Å². The molecule has 3 rings (SSSR count). The average Bonchev–Trinajstić information content (AvgIpc) is 2.62. The highest BCUT2D eigenvalue weighted by molar-refractivity contribution is 7.80. The summed E-state index contributed by atoms with van der Waals surface area (Å²) in [4.78, 5) is 28.5. The number of carboxylic acid groups (broad SMARTS) is 1. The monoisotopic (exact) mass is 368 g/mol. The number of ether oxygens (including phenoxy) is 1. The van der Waals surface area contributed by atoms with Gasteiger partial charge in [-0.3, -0.25) is 9.69 Å². The van der Waals surface area contributed by atoms with E-state index in [1.165, 1.54) is 6.92 Å². The summed E-state index contributed by atoms with van der Waals surface area (Å²) in [6.07, 6.45) is 0.0912. The molecule has 1 heterocycles. The molecule has 2 aromatic carbocycles. The molecule has 0 saturated heterocycles. The first-order valence-corrected chi connectivity index (χ1v) is 8.34. The summed E-state index contributed by atoms with van der Waals surface area (Å²) in [7, 11) is 0. The lowest BCUT2D eigenvalue weighted by atomic mass is 10.00. The summed E-state index contributed by atoms with van der Waals surface area (Å²) in [5, 5.41) is 9.39. The maximum atomic E-state index is 11.7. The van der Waals surface area contributed by atoms with E-state index >= 15 is 0 Å². The zero-order chi connectivity index (χ0) is 18.7. The van der Waals surface area contributed by atoms with Crippen LogP contribution in [-0.2, 0) is 9.59 Å². The average molecular weight is 368 g/mol. The number of hydrogen-bond donors (Lipinski definition) is 1. The van der Waals surface area contributed by atoms with Crippen molar-refractivity contribution in [2.24, 2.45) is 4.99 Å². The lowest BCUT2D eigenvalue weighted by Gasteiger charge is -2.31. The van der Waals surface area contributed by atoms with Crippen LogP contribution in [0.5, 0.6) is 11.5 Å². The molecule has 6 nitrogen and oxygen atoms in total. The van der Waals surface area contributed by atoms with Gasteiger partial charge >= 0.3 is 5.97 Å². The van der Waals surface area contributed by atoms with Gasteiger partial charge in [0.15, 0.2) is 0 Å². The number of benzene rings is 2. The Morgan fingerprint density at radius 1 is 1.12 bits per heavy atom. The summed E-state index contributed by atoms with van der Waals surface area (Å²) in [6.45, 7) is 1.28. The number of carboxylic acids is 1. The highest BCUT2D eigenvalue weighted by Gasteiger charge is 2.35. The Balaban J connectivity index is 1.82. The Morgan fingerprint density at radius 3 is 2.31 bits per heavy atom. The molecule has 1 amide bonds. The van der Waals surface area contributed by atoms with Crippen molar-refractivity contribution in [2.45, 2.75) is 19.4 Å². The molecule has 1 N–H and O–H groups in total. The fourth-order valence-corrected chi connectivity index (χ4v) is 3.06. The van der Waals surface area contributed by atoms with Gasteiger partial charge in [-0.1, -0.05) is 18.2 Å². The standard InChI is InChI=1S/C19H16N2O4S/c1-12(22)21-17(18(23)24)11-16(20-19(21)26)13-7-9-15(10-8-13)25-14-5-3-2-4-6-14/h2-10,17H,11H2,1H3,(H,23,24). The first-order valence-electron chi connectivity index (χ1n) is 7.93. The summed E-state index contributed by atoms with van der Waals surface area (Å²) in [5.74, 6) is -0.172. The molecule has 0 fully saturated rings. The van der Waals surface area contributed by atoms with Gasteiger partial charge in [-0.25, -0.2) is 9.79 Å². The molecule has 132 valence electrons. The van der Waals surface area contributed by atoms with E-state index in [-0.39, 0.29) is 11.5 Å². The number of aliphatic imine (C=N–C) groups is 1. The predicted octanol–water partition coefficient (Wildman–Crippen LogP) is 3.26. The fourth-order valence-electron chi connectivity index (χ4n) is 2.70. The Labute approximate surface area is 155 Å². The molecule has 2 aromatic rings. The van der Waals surface area contributed by atoms with E-state index in [9.17, 15) is 14.7 Å². The molecule has 1 unspecified atom stereocenters. The number of thiocarbonyl (C=S) groups is 1. The molecular formula is C19H16N2O4S. The van der Waals surface area contributed by atoms with Crippen LogP contribution in [0.25, 0.3) is 0 Å². The smallest absolute Gasteiger partial charge is 0.327 e. The number of carbonyl (C=O) groups excluding carboxylic acids is 1. The van der Waals surface area contributed by atoms with Crippen LogP contribution >= 0.6 is 12.2 Å². The van der Waals surface area contributed by atoms with Gasteiger partial charge in [0.1, 0.15) is 17.5 Å². The second kappa shape index (κ2) is 7.45. The fraction of sp³-hybridized carbons (Fsp3) is 0.158. The summed E-state index contributed by atoms with van der Waals surface area (Å²) in [5.41, 5.74) is 1.27. The van der Waals surface area contributed by atoms with Gasteiger partial charge in [0.2, 0.25) is 11.0 Å². The van der Waals surface area contributed by atoms with E-state index in [1.807, 2.05) is 30.3 Å². The first-order chi connectivity index (χ1) is 12.5. The number of rotatable bonds is 4. The first kappa shape index (κ1) is 17.8. The van der Waals surface area contributed by atoms with Gasteiger partial charge in [0, 0.05) is 13.3 Å². The van der Waals surface area contributed by atoms with Crippen molar-refractivity contribution >= 4 is 34.9 Å². The third kappa shape index (κ3) is 3.78. The van der Waals surface area contributed by atoms with Crippen LogP contribution in [0.4, 0.5) is 0 Å². The minimum absolute atomic E-state index is 0.0317. The van der Waals surface area contributed by atoms with E-state index in [0.29, 0.717) is 11.5 Å². The van der Waals surface area contributed by atoms with Crippen LogP contribution in [0, 0.1) is 0 Å². The third-order valence-electron chi connectivity index (χ3n) is 3.93. The summed E-state index contributed by atoms with van der Waals surface area (Å²) >= 11 is 5.12. The molecule has 0 aromatic heterocycles. The summed E-state index contributed by atoms with van der Waals surface area (Å²) in [6, 6.07) is 15.5. The summed E-state index contributed by atoms with van der Waals surface area (Å²) < 4.78 is 5.74. The maximum Gasteiger partial charge on any atom is 0.327 e. The Morgan fingerprint density at radius 2 is 1.73 bits per heavy atom. The number of para-hydroxylation sites is 1. The molecular weight excluding hydrogens is 352 g/mol. The molecule has 0 aliphatic carbocycles. The van der Waals surface area contributed by atoms with E-state index < -0.39 is 17.9 Å². The molecule has 0 bridgehead atoms. The molecule has 0 radical (unpaired) electrons. The number of carbonyl (C=O) groups is 2. The van der Waals surface area contributed by atoms with Crippen LogP contribution in [0.3, 0.4) is 0 Å². The third-order valence-corrected chi connectivity index (χ3v) is 4.21. The molecule has 7 heteroatoms. The van der Waals surface area contributed by atoms with Gasteiger partial charge in [-0.05, 0) is 54.2 Å². The predicted molar refractivity (Wildman–Crippen MR) is 101 cm³/mol. The normalized spacial score (nSPS) is 16.8. The lowest BCUT2D eigenvalue weighted by molar-refractivity contribution is -0.146. The minimum atomic E-state index is -1.11. The largest absolute Gasteiger partial charge is 0.480 e. The van der Waals surface area contributed by atoms with Crippen molar-refractivity contribution in [1.29, 1.82) is 0 Å². The topological polar surface area (TPSA) is 79.2 Å². The molecule has 0 saturated carbocycles. The van der Waals surface area contributed by atoms with Crippen LogP contribution in [-0.4, -0.2) is 38.7 Å². The van der Waals surface area contributed by atoms with Gasteiger partial charge in [0.05, 0.1) is 5.71 Å². The van der Waals surface area contributed by atoms with Crippen LogP contribution < -0.4 is 4.74 Å². The van der Waals surface area contributed by atoms with Crippen molar-refractivity contribution < 1.29 is 19.4 Å². The highest BCUT2D eigenvalue weighted by atomic mass is 32.1. The van der Waals surface area contributed by atoms with Crippen molar-refractivity contribution in [3.63, 3.8) is 0 Å². The zero-order valence-electron chi connectivity index (χ0n) is 14.0. The maximum absolute atomic E-state index is 11.7. The lowest BCUT2D eigenvalue weighted by Crippen LogP contribution is -2.50. The van der Waals surface area contributed by atoms with Crippen molar-refractivity contribution in [3.05, 3.63) is 60.2 Å². The number of hydrogen-bond acceptors (Lipinski definition) is 4. The Hall–Kier alpha value is -3.06. The van der Waals surface area contributed by atoms with Gasteiger partial charge in [-0.2, -0.15) is 0 Å². The Kier molecular flexibility index (Phi) is 5.09. The van der Waals surface area contributed by atoms with Crippen LogP contribution in [0.2, 0.25) is 0 Å². The van der Waals surface area contributed by atoms with Crippen molar-refractivity contribution in [3.8, 4) is 11.5 Å². The zero-order valence-corrected chi connectivity index (χ0v) is 14.8. The van der Waals surface area contributed by atoms with Crippen molar-refractivity contribution in [1.82, 2.24) is 4.90 Å². The van der Waals surface area contributed by atoms with Crippen LogP contribution in [0.1, 0.15) is 18.9 Å². The molecule has 1 atom stereocenters. The highest BCUT2D eigenvalue weighted by Crippen LogP contribution is 2.24. The molecule has 1 aliphatic heterocycles. The SMILES string of the molecule is CC(=O)N1C(=S)N=C(c2ccc(Oc3ccccc3)cc2)CC1C(=O)O. The number of aliphatic carboxylic acids is 1. The van der Waals surface area contributed by atoms with Crippen molar-refractivity contribution in [2.75, 3.05) is 0 Å². The minimum Gasteiger partial charge on any atom is -0.480 e. The van der Waals surface area contributed by atoms with E-state index in [2.05, 4.69) is 4.99 Å². The van der Waals surface area contributed by atoms with Crippen LogP contribution in [0.15, 0.2) is 59.6 Å². The second-order valence-electron chi connectivity index (χ2n) is 5.73. The quantitative estimate of drug-likeness (QED) is 0.838. The Bertz CT molecular complexity index is 878. The van der Waals surface area contributed by atoms with E-state index in [0.717, 1.165) is 16.2 Å². The van der Waals surface area contributed by atoms with Gasteiger partial charge in [-0.15, -0.1) is 0 Å². The second-order valence-corrected chi connectivity index (χ2v) is 6.09. The number of amides is 1. The molecule has 0 spiro atoms. The molecule has 1 aliphatic rings. The van der Waals surface area contributed by atoms with E-state index in [1.54, 1.807) is 24.3 Å².